The molecule has 2 aromatic rings. The number of sulfonamides is 1. The summed E-state index contributed by atoms with van der Waals surface area (Å²) in [6.07, 6.45) is 0. The molecule has 0 saturated heterocycles. The average Bonchev–Trinajstić information content (AvgIpc) is 2.56. The molecule has 2 N–H and O–H groups in total. The second-order valence-electron chi connectivity index (χ2n) is 6.55. The lowest BCUT2D eigenvalue weighted by Gasteiger charge is -2.11. The lowest BCUT2D eigenvalue weighted by Crippen LogP contribution is -2.27. The minimum Gasteiger partial charge on any atom is -0.322 e. The van der Waals surface area contributed by atoms with Gasteiger partial charge in [0.05, 0.1) is 4.90 Å². The SMILES string of the molecule is Cc1ccc(C)c(NC(=O)c2cccc(S(=O)(=O)NCC(C)C)c2)c1. The Hall–Kier alpha value is -2.18. The van der Waals surface area contributed by atoms with Gasteiger partial charge in [-0.05, 0) is 55.2 Å². The van der Waals surface area contributed by atoms with Gasteiger partial charge in [-0.15, -0.1) is 0 Å². The quantitative estimate of drug-likeness (QED) is 0.828. The molecule has 6 heteroatoms. The van der Waals surface area contributed by atoms with Crippen LogP contribution in [0, 0.1) is 19.8 Å². The van der Waals surface area contributed by atoms with Gasteiger partial charge in [0.25, 0.3) is 5.91 Å². The van der Waals surface area contributed by atoms with Crippen molar-refractivity contribution >= 4 is 21.6 Å². The molecular formula is C19H24N2O3S. The molecule has 0 atom stereocenters. The molecule has 0 saturated carbocycles. The zero-order valence-corrected chi connectivity index (χ0v) is 15.8. The number of rotatable bonds is 6. The minimum atomic E-state index is -3.63. The van der Waals surface area contributed by atoms with E-state index in [2.05, 4.69) is 10.0 Å². The Labute approximate surface area is 149 Å². The van der Waals surface area contributed by atoms with E-state index in [-0.39, 0.29) is 16.7 Å². The summed E-state index contributed by atoms with van der Waals surface area (Å²) in [5, 5.41) is 2.84. The fourth-order valence-corrected chi connectivity index (χ4v) is 3.49. The highest BCUT2D eigenvalue weighted by Crippen LogP contribution is 2.18. The predicted octanol–water partition coefficient (Wildman–Crippen LogP) is 3.49. The number of hydrogen-bond acceptors (Lipinski definition) is 3. The molecule has 0 fully saturated rings. The molecule has 134 valence electrons. The zero-order valence-electron chi connectivity index (χ0n) is 15.0. The van der Waals surface area contributed by atoms with Gasteiger partial charge in [-0.3, -0.25) is 4.79 Å². The van der Waals surface area contributed by atoms with Gasteiger partial charge in [0.15, 0.2) is 0 Å². The van der Waals surface area contributed by atoms with E-state index < -0.39 is 10.0 Å². The van der Waals surface area contributed by atoms with Gasteiger partial charge in [0.1, 0.15) is 0 Å². The standard InChI is InChI=1S/C19H24N2O3S/c1-13(2)12-20-25(23,24)17-7-5-6-16(11-17)19(22)21-18-10-14(3)8-9-15(18)4/h5-11,13,20H,12H2,1-4H3,(H,21,22). The Balaban J connectivity index is 2.23. The number of carbonyl (C=O) groups is 1. The molecule has 0 spiro atoms. The molecule has 1 amide bonds. The van der Waals surface area contributed by atoms with Gasteiger partial charge in [0.2, 0.25) is 10.0 Å². The van der Waals surface area contributed by atoms with E-state index in [0.29, 0.717) is 12.1 Å². The van der Waals surface area contributed by atoms with Crippen molar-refractivity contribution < 1.29 is 13.2 Å². The summed E-state index contributed by atoms with van der Waals surface area (Å²) >= 11 is 0. The predicted molar refractivity (Wildman–Crippen MR) is 100 cm³/mol. The van der Waals surface area contributed by atoms with Crippen molar-refractivity contribution in [3.05, 3.63) is 59.2 Å². The first-order chi connectivity index (χ1) is 11.7. The third kappa shape index (κ3) is 5.14. The molecule has 0 unspecified atom stereocenters. The Morgan fingerprint density at radius 1 is 1.08 bits per heavy atom. The number of benzene rings is 2. The molecule has 0 aliphatic heterocycles. The third-order valence-corrected chi connectivity index (χ3v) is 5.15. The van der Waals surface area contributed by atoms with Crippen LogP contribution in [-0.2, 0) is 10.0 Å². The number of anilines is 1. The lowest BCUT2D eigenvalue weighted by atomic mass is 10.1. The first kappa shape index (κ1) is 19.1. The van der Waals surface area contributed by atoms with Crippen molar-refractivity contribution in [2.45, 2.75) is 32.6 Å². The Bertz CT molecular complexity index is 874. The van der Waals surface area contributed by atoms with E-state index in [4.69, 9.17) is 0 Å². The summed E-state index contributed by atoms with van der Waals surface area (Å²) in [4.78, 5) is 12.6. The molecule has 0 bridgehead atoms. The summed E-state index contributed by atoms with van der Waals surface area (Å²) in [6, 6.07) is 11.8. The highest BCUT2D eigenvalue weighted by atomic mass is 32.2. The number of amides is 1. The summed E-state index contributed by atoms with van der Waals surface area (Å²) in [7, 11) is -3.63. The van der Waals surface area contributed by atoms with Crippen LogP contribution in [0.4, 0.5) is 5.69 Å². The molecule has 0 aromatic heterocycles. The summed E-state index contributed by atoms with van der Waals surface area (Å²) in [6.45, 7) is 8.06. The van der Waals surface area contributed by atoms with E-state index in [1.165, 1.54) is 12.1 Å². The maximum absolute atomic E-state index is 12.5. The number of hydrogen-bond donors (Lipinski definition) is 2. The first-order valence-electron chi connectivity index (χ1n) is 8.17. The Morgan fingerprint density at radius 2 is 1.80 bits per heavy atom. The molecule has 0 aliphatic rings. The van der Waals surface area contributed by atoms with Gasteiger partial charge in [0, 0.05) is 17.8 Å². The normalized spacial score (nSPS) is 11.6. The van der Waals surface area contributed by atoms with Crippen LogP contribution in [0.25, 0.3) is 0 Å². The molecule has 2 aromatic carbocycles. The number of carbonyl (C=O) groups excluding carboxylic acids is 1. The third-order valence-electron chi connectivity index (χ3n) is 3.73. The molecule has 0 heterocycles. The van der Waals surface area contributed by atoms with E-state index in [9.17, 15) is 13.2 Å². The van der Waals surface area contributed by atoms with Crippen LogP contribution < -0.4 is 10.0 Å². The van der Waals surface area contributed by atoms with Crippen molar-refractivity contribution in [2.24, 2.45) is 5.92 Å². The van der Waals surface area contributed by atoms with Crippen LogP contribution in [0.1, 0.15) is 35.3 Å². The van der Waals surface area contributed by atoms with Gasteiger partial charge in [-0.1, -0.05) is 32.0 Å². The molecule has 25 heavy (non-hydrogen) atoms. The lowest BCUT2D eigenvalue weighted by molar-refractivity contribution is 0.102. The second-order valence-corrected chi connectivity index (χ2v) is 8.31. The maximum atomic E-state index is 12.5. The van der Waals surface area contributed by atoms with Gasteiger partial charge in [-0.25, -0.2) is 13.1 Å². The molecular weight excluding hydrogens is 336 g/mol. The smallest absolute Gasteiger partial charge is 0.255 e. The molecule has 0 aliphatic carbocycles. The Morgan fingerprint density at radius 3 is 2.48 bits per heavy atom. The average molecular weight is 360 g/mol. The van der Waals surface area contributed by atoms with E-state index >= 15 is 0 Å². The van der Waals surface area contributed by atoms with Crippen LogP contribution in [0.5, 0.6) is 0 Å². The maximum Gasteiger partial charge on any atom is 0.255 e. The Kier molecular flexibility index (Phi) is 5.98. The molecule has 0 radical (unpaired) electrons. The highest BCUT2D eigenvalue weighted by molar-refractivity contribution is 7.89. The number of nitrogens with one attached hydrogen (secondary N) is 2. The monoisotopic (exact) mass is 360 g/mol. The zero-order chi connectivity index (χ0) is 18.6. The van der Waals surface area contributed by atoms with Crippen LogP contribution in [0.2, 0.25) is 0 Å². The van der Waals surface area contributed by atoms with Crippen LogP contribution in [-0.4, -0.2) is 20.9 Å². The van der Waals surface area contributed by atoms with Crippen molar-refractivity contribution in [3.8, 4) is 0 Å². The first-order valence-corrected chi connectivity index (χ1v) is 9.65. The number of aryl methyl sites for hydroxylation is 2. The summed E-state index contributed by atoms with van der Waals surface area (Å²) in [5.41, 5.74) is 3.00. The van der Waals surface area contributed by atoms with E-state index in [1.807, 2.05) is 45.9 Å². The molecule has 5 nitrogen and oxygen atoms in total. The summed E-state index contributed by atoms with van der Waals surface area (Å²) < 4.78 is 27.2. The van der Waals surface area contributed by atoms with Crippen molar-refractivity contribution in [3.63, 3.8) is 0 Å². The van der Waals surface area contributed by atoms with Crippen LogP contribution in [0.3, 0.4) is 0 Å². The van der Waals surface area contributed by atoms with Crippen molar-refractivity contribution in [1.29, 1.82) is 0 Å². The largest absolute Gasteiger partial charge is 0.322 e. The minimum absolute atomic E-state index is 0.0850. The topological polar surface area (TPSA) is 75.3 Å². The van der Waals surface area contributed by atoms with Crippen LogP contribution in [0.15, 0.2) is 47.4 Å². The highest BCUT2D eigenvalue weighted by Gasteiger charge is 2.17. The summed E-state index contributed by atoms with van der Waals surface area (Å²) in [5.74, 6) is -0.139. The van der Waals surface area contributed by atoms with Gasteiger partial charge >= 0.3 is 0 Å². The van der Waals surface area contributed by atoms with E-state index in [0.717, 1.165) is 16.8 Å². The fourth-order valence-electron chi connectivity index (χ4n) is 2.23. The molecule has 2 rings (SSSR count). The van der Waals surface area contributed by atoms with Gasteiger partial charge in [-0.2, -0.15) is 0 Å². The van der Waals surface area contributed by atoms with Gasteiger partial charge < -0.3 is 5.32 Å². The van der Waals surface area contributed by atoms with Crippen molar-refractivity contribution in [2.75, 3.05) is 11.9 Å². The van der Waals surface area contributed by atoms with E-state index in [1.54, 1.807) is 12.1 Å². The second kappa shape index (κ2) is 7.80. The van der Waals surface area contributed by atoms with Crippen molar-refractivity contribution in [1.82, 2.24) is 4.72 Å². The fraction of sp³-hybridized carbons (Fsp3) is 0.316. The van der Waals surface area contributed by atoms with Crippen LogP contribution >= 0.6 is 0 Å².